The van der Waals surface area contributed by atoms with E-state index >= 15 is 0 Å². The first kappa shape index (κ1) is 29.1. The highest BCUT2D eigenvalue weighted by molar-refractivity contribution is 7.90. The number of halogens is 1. The smallest absolute Gasteiger partial charge is 0.311 e. The van der Waals surface area contributed by atoms with Crippen LogP contribution >= 0.6 is 0 Å². The van der Waals surface area contributed by atoms with Gasteiger partial charge in [-0.25, -0.2) is 31.7 Å². The van der Waals surface area contributed by atoms with E-state index in [1.165, 1.54) is 31.5 Å². The minimum absolute atomic E-state index is 0.0607. The second-order valence-corrected chi connectivity index (χ2v) is 13.9. The molecule has 3 saturated carbocycles. The number of fused-ring (bicyclic) bond motifs is 4. The van der Waals surface area contributed by atoms with E-state index in [1.807, 2.05) is 43.1 Å². The molecule has 0 saturated heterocycles. The van der Waals surface area contributed by atoms with E-state index in [1.54, 1.807) is 12.1 Å². The average Bonchev–Trinajstić information content (AvgIpc) is 3.65. The number of aryl methyl sites for hydroxylation is 2. The third kappa shape index (κ3) is 5.16. The molecule has 2 bridgehead atoms. The SMILES string of the molecule is COC(=O)C1C2CCC(CC2)C1Nc1cc(-c2ccn(C)c2)nc(-c2cn(S(=O)(=O)c3ccc(C)cc3)c3ncc(F)cc23)n1. The van der Waals surface area contributed by atoms with Crippen molar-refractivity contribution in [3.05, 3.63) is 78.6 Å². The summed E-state index contributed by atoms with van der Waals surface area (Å²) in [4.78, 5) is 26.9. The van der Waals surface area contributed by atoms with Crippen molar-refractivity contribution in [2.75, 3.05) is 12.4 Å². The maximum absolute atomic E-state index is 14.7. The number of pyridine rings is 1. The molecule has 2 atom stereocenters. The molecule has 3 fully saturated rings. The topological polar surface area (TPSA) is 121 Å². The van der Waals surface area contributed by atoms with Gasteiger partial charge in [0.05, 0.1) is 29.8 Å². The van der Waals surface area contributed by atoms with Crippen LogP contribution in [0.2, 0.25) is 0 Å². The molecule has 0 spiro atoms. The number of anilines is 1. The molecular weight excluding hydrogens is 595 g/mol. The number of aromatic nitrogens is 5. The lowest BCUT2D eigenvalue weighted by Crippen LogP contribution is -2.51. The number of benzene rings is 1. The summed E-state index contributed by atoms with van der Waals surface area (Å²) in [7, 11) is -0.766. The zero-order chi connectivity index (χ0) is 31.5. The Morgan fingerprint density at radius 2 is 1.76 bits per heavy atom. The van der Waals surface area contributed by atoms with Crippen molar-refractivity contribution in [2.24, 2.45) is 24.8 Å². The van der Waals surface area contributed by atoms with Crippen LogP contribution in [0.15, 0.2) is 72.1 Å². The molecule has 0 aliphatic heterocycles. The predicted molar refractivity (Wildman–Crippen MR) is 167 cm³/mol. The molecule has 1 N–H and O–H groups in total. The number of hydrogen-bond acceptors (Lipinski definition) is 8. The van der Waals surface area contributed by atoms with Gasteiger partial charge in [0.2, 0.25) is 0 Å². The number of esters is 1. The number of nitrogens with one attached hydrogen (secondary N) is 1. The summed E-state index contributed by atoms with van der Waals surface area (Å²) in [5.74, 6) is 0.0327. The van der Waals surface area contributed by atoms with Crippen molar-refractivity contribution < 1.29 is 22.3 Å². The molecule has 4 heterocycles. The van der Waals surface area contributed by atoms with E-state index in [0.29, 0.717) is 17.1 Å². The van der Waals surface area contributed by atoms with Gasteiger partial charge in [-0.3, -0.25) is 4.79 Å². The molecule has 1 aromatic carbocycles. The molecule has 4 aromatic heterocycles. The lowest BCUT2D eigenvalue weighted by atomic mass is 9.61. The standard InChI is InChI=1S/C33H33FN6O4S/c1-19-4-10-24(11-5-19)45(42,43)40-18-26(25-14-23(34)16-35-32(25)40)31-36-27(22-12-13-39(2)17-22)15-28(38-31)37-30-21-8-6-20(7-9-21)29(30)33(41)44-3/h4-5,10-18,20-21,29-30H,6-9H2,1-3H3,(H,36,37,38). The zero-order valence-corrected chi connectivity index (χ0v) is 26.0. The fraction of sp³-hybridized carbons (Fsp3) is 0.333. The van der Waals surface area contributed by atoms with Crippen molar-refractivity contribution >= 4 is 32.8 Å². The molecule has 5 aromatic rings. The van der Waals surface area contributed by atoms with E-state index in [4.69, 9.17) is 14.7 Å². The van der Waals surface area contributed by atoms with E-state index in [9.17, 15) is 17.6 Å². The second-order valence-electron chi connectivity index (χ2n) is 12.1. The van der Waals surface area contributed by atoms with Gasteiger partial charge in [-0.1, -0.05) is 17.7 Å². The van der Waals surface area contributed by atoms with Crippen LogP contribution in [0.4, 0.5) is 10.2 Å². The van der Waals surface area contributed by atoms with Crippen LogP contribution in [0, 0.1) is 30.5 Å². The summed E-state index contributed by atoms with van der Waals surface area (Å²) in [6, 6.07) is 11.3. The van der Waals surface area contributed by atoms with Crippen LogP contribution in [-0.2, 0) is 26.6 Å². The Bertz CT molecular complexity index is 2030. The molecule has 45 heavy (non-hydrogen) atoms. The Morgan fingerprint density at radius 3 is 2.44 bits per heavy atom. The van der Waals surface area contributed by atoms with Crippen molar-refractivity contribution in [1.29, 1.82) is 0 Å². The number of hydrogen-bond donors (Lipinski definition) is 1. The van der Waals surface area contributed by atoms with Crippen LogP contribution in [0.5, 0.6) is 0 Å². The maximum atomic E-state index is 14.7. The van der Waals surface area contributed by atoms with E-state index in [2.05, 4.69) is 10.3 Å². The molecule has 10 nitrogen and oxygen atoms in total. The zero-order valence-electron chi connectivity index (χ0n) is 25.1. The lowest BCUT2D eigenvalue weighted by Gasteiger charge is -2.47. The second kappa shape index (κ2) is 11.1. The van der Waals surface area contributed by atoms with Gasteiger partial charge in [0.1, 0.15) is 11.6 Å². The Balaban J connectivity index is 1.39. The third-order valence-corrected chi connectivity index (χ3v) is 10.9. The molecular formula is C33H33FN6O4S. The van der Waals surface area contributed by atoms with Gasteiger partial charge in [-0.15, -0.1) is 0 Å². The molecule has 8 rings (SSSR count). The number of rotatable bonds is 7. The molecule has 12 heteroatoms. The first-order valence-corrected chi connectivity index (χ1v) is 16.4. The van der Waals surface area contributed by atoms with Gasteiger partial charge < -0.3 is 14.6 Å². The predicted octanol–water partition coefficient (Wildman–Crippen LogP) is 5.57. The largest absolute Gasteiger partial charge is 0.469 e. The van der Waals surface area contributed by atoms with Gasteiger partial charge in [0, 0.05) is 54.3 Å². The Morgan fingerprint density at radius 1 is 1.02 bits per heavy atom. The fourth-order valence-electron chi connectivity index (χ4n) is 6.99. The number of methoxy groups -OCH3 is 1. The molecule has 232 valence electrons. The number of carbonyl (C=O) groups is 1. The molecule has 0 amide bonds. The van der Waals surface area contributed by atoms with Gasteiger partial charge in [-0.2, -0.15) is 0 Å². The van der Waals surface area contributed by atoms with Gasteiger partial charge >= 0.3 is 5.97 Å². The lowest BCUT2D eigenvalue weighted by molar-refractivity contribution is -0.152. The first-order valence-electron chi connectivity index (χ1n) is 15.0. The summed E-state index contributed by atoms with van der Waals surface area (Å²) in [5, 5.41) is 3.81. The quantitative estimate of drug-likeness (QED) is 0.232. The minimum Gasteiger partial charge on any atom is -0.469 e. The monoisotopic (exact) mass is 628 g/mol. The third-order valence-electron chi connectivity index (χ3n) is 9.26. The van der Waals surface area contributed by atoms with Crippen molar-refractivity contribution in [3.8, 4) is 22.6 Å². The Kier molecular flexibility index (Phi) is 7.19. The van der Waals surface area contributed by atoms with Crippen molar-refractivity contribution in [1.82, 2.24) is 23.5 Å². The van der Waals surface area contributed by atoms with Crippen molar-refractivity contribution in [3.63, 3.8) is 0 Å². The van der Waals surface area contributed by atoms with E-state index in [0.717, 1.165) is 47.0 Å². The summed E-state index contributed by atoms with van der Waals surface area (Å²) in [6.07, 6.45) is 10.2. The molecule has 3 aliphatic rings. The highest BCUT2D eigenvalue weighted by Crippen LogP contribution is 2.47. The van der Waals surface area contributed by atoms with Crippen LogP contribution in [-0.4, -0.2) is 51.0 Å². The summed E-state index contributed by atoms with van der Waals surface area (Å²) in [6.45, 7) is 1.87. The highest BCUT2D eigenvalue weighted by atomic mass is 32.2. The minimum atomic E-state index is -4.09. The normalized spacial score (nSPS) is 21.2. The number of ether oxygens (including phenoxy) is 1. The summed E-state index contributed by atoms with van der Waals surface area (Å²) in [5.41, 5.74) is 2.69. The molecule has 3 aliphatic carbocycles. The fourth-order valence-corrected chi connectivity index (χ4v) is 8.31. The van der Waals surface area contributed by atoms with Crippen LogP contribution in [0.25, 0.3) is 33.7 Å². The molecule has 0 radical (unpaired) electrons. The van der Waals surface area contributed by atoms with Crippen molar-refractivity contribution in [2.45, 2.75) is 43.5 Å². The van der Waals surface area contributed by atoms with Gasteiger partial charge in [0.25, 0.3) is 10.0 Å². The van der Waals surface area contributed by atoms with Gasteiger partial charge in [-0.05, 0) is 68.7 Å². The van der Waals surface area contributed by atoms with Crippen LogP contribution in [0.3, 0.4) is 0 Å². The van der Waals surface area contributed by atoms with E-state index < -0.39 is 15.8 Å². The van der Waals surface area contributed by atoms with E-state index in [-0.39, 0.29) is 51.5 Å². The Hall–Kier alpha value is -4.58. The maximum Gasteiger partial charge on any atom is 0.311 e. The van der Waals surface area contributed by atoms with Gasteiger partial charge in [0.15, 0.2) is 11.5 Å². The van der Waals surface area contributed by atoms with Crippen LogP contribution in [0.1, 0.15) is 31.2 Å². The number of carbonyl (C=O) groups excluding carboxylic acids is 1. The summed E-state index contributed by atoms with van der Waals surface area (Å²) >= 11 is 0. The molecule has 2 unspecified atom stereocenters. The average molecular weight is 629 g/mol. The summed E-state index contributed by atoms with van der Waals surface area (Å²) < 4.78 is 50.5. The van der Waals surface area contributed by atoms with Crippen LogP contribution < -0.4 is 5.32 Å². The first-order chi connectivity index (χ1) is 21.6. The number of nitrogens with zero attached hydrogens (tertiary/aromatic N) is 5. The Labute approximate surface area is 260 Å². The highest BCUT2D eigenvalue weighted by Gasteiger charge is 2.48.